The van der Waals surface area contributed by atoms with Crippen LogP contribution in [0.4, 0.5) is 5.69 Å². The molecule has 2 aromatic rings. The van der Waals surface area contributed by atoms with Crippen LogP contribution in [0, 0.1) is 6.92 Å². The van der Waals surface area contributed by atoms with Crippen molar-refractivity contribution in [3.63, 3.8) is 0 Å². The minimum absolute atomic E-state index is 0.0633. The summed E-state index contributed by atoms with van der Waals surface area (Å²) in [6, 6.07) is 14.2. The van der Waals surface area contributed by atoms with Gasteiger partial charge in [-0.15, -0.1) is 0 Å². The fraction of sp³-hybridized carbons (Fsp3) is 0.318. The van der Waals surface area contributed by atoms with Gasteiger partial charge in [-0.1, -0.05) is 24.3 Å². The quantitative estimate of drug-likeness (QED) is 0.737. The van der Waals surface area contributed by atoms with Gasteiger partial charge in [0.2, 0.25) is 5.91 Å². The Morgan fingerprint density at radius 3 is 2.36 bits per heavy atom. The topological polar surface area (TPSA) is 78.5 Å². The van der Waals surface area contributed by atoms with Crippen LogP contribution < -0.4 is 10.6 Å². The molecule has 0 fully saturated rings. The van der Waals surface area contributed by atoms with Crippen LogP contribution in [0.2, 0.25) is 0 Å². The SMILES string of the molecule is CCN(CC)C(=O)c1cccc(NC(=O)CCNC(=O)c2ccccc2C)c1. The lowest BCUT2D eigenvalue weighted by Crippen LogP contribution is -2.30. The first-order valence-electron chi connectivity index (χ1n) is 9.49. The van der Waals surface area contributed by atoms with Crippen molar-refractivity contribution in [3.8, 4) is 0 Å². The standard InChI is InChI=1S/C22H27N3O3/c1-4-25(5-2)22(28)17-10-8-11-18(15-17)24-20(26)13-14-23-21(27)19-12-7-6-9-16(19)3/h6-12,15H,4-5,13-14H2,1-3H3,(H,23,27)(H,24,26). The number of amides is 3. The summed E-state index contributed by atoms with van der Waals surface area (Å²) in [6.45, 7) is 7.22. The third kappa shape index (κ3) is 5.67. The van der Waals surface area contributed by atoms with E-state index in [1.807, 2.05) is 32.9 Å². The lowest BCUT2D eigenvalue weighted by molar-refractivity contribution is -0.116. The Hall–Kier alpha value is -3.15. The number of hydrogen-bond donors (Lipinski definition) is 2. The zero-order valence-electron chi connectivity index (χ0n) is 16.6. The van der Waals surface area contributed by atoms with Gasteiger partial charge in [0.05, 0.1) is 0 Å². The minimum atomic E-state index is -0.225. The molecule has 6 nitrogen and oxygen atoms in total. The molecule has 0 spiro atoms. The van der Waals surface area contributed by atoms with Gasteiger partial charge in [-0.25, -0.2) is 0 Å². The molecule has 0 aliphatic heterocycles. The Morgan fingerprint density at radius 1 is 0.964 bits per heavy atom. The molecule has 0 aliphatic rings. The maximum Gasteiger partial charge on any atom is 0.253 e. The molecule has 0 aliphatic carbocycles. The van der Waals surface area contributed by atoms with E-state index in [1.165, 1.54) is 0 Å². The molecule has 0 heterocycles. The molecule has 0 saturated carbocycles. The number of carbonyl (C=O) groups is 3. The highest BCUT2D eigenvalue weighted by atomic mass is 16.2. The van der Waals surface area contributed by atoms with Gasteiger partial charge in [0.25, 0.3) is 11.8 Å². The predicted octanol–water partition coefficient (Wildman–Crippen LogP) is 3.24. The largest absolute Gasteiger partial charge is 0.352 e. The summed E-state index contributed by atoms with van der Waals surface area (Å²) in [5, 5.41) is 5.53. The summed E-state index contributed by atoms with van der Waals surface area (Å²) in [4.78, 5) is 38.5. The zero-order valence-corrected chi connectivity index (χ0v) is 16.6. The molecule has 2 rings (SSSR count). The van der Waals surface area contributed by atoms with Crippen LogP contribution in [0.1, 0.15) is 46.5 Å². The molecule has 3 amide bonds. The second kappa shape index (κ2) is 10.3. The van der Waals surface area contributed by atoms with E-state index in [1.54, 1.807) is 41.3 Å². The second-order valence-corrected chi connectivity index (χ2v) is 6.43. The Labute approximate surface area is 165 Å². The zero-order chi connectivity index (χ0) is 20.5. The van der Waals surface area contributed by atoms with Crippen molar-refractivity contribution in [1.82, 2.24) is 10.2 Å². The number of aryl methyl sites for hydroxylation is 1. The van der Waals surface area contributed by atoms with E-state index in [4.69, 9.17) is 0 Å². The molecule has 0 bridgehead atoms. The van der Waals surface area contributed by atoms with Crippen LogP contribution in [0.5, 0.6) is 0 Å². The molecule has 6 heteroatoms. The van der Waals surface area contributed by atoms with Crippen LogP contribution in [-0.2, 0) is 4.79 Å². The maximum absolute atomic E-state index is 12.4. The average Bonchev–Trinajstić information content (AvgIpc) is 2.69. The van der Waals surface area contributed by atoms with E-state index in [-0.39, 0.29) is 30.7 Å². The molecule has 2 aromatic carbocycles. The third-order valence-electron chi connectivity index (χ3n) is 4.47. The number of benzene rings is 2. The summed E-state index contributed by atoms with van der Waals surface area (Å²) in [7, 11) is 0. The van der Waals surface area contributed by atoms with Gasteiger partial charge < -0.3 is 15.5 Å². The monoisotopic (exact) mass is 381 g/mol. The molecule has 0 unspecified atom stereocenters. The molecule has 0 radical (unpaired) electrons. The van der Waals surface area contributed by atoms with Crippen LogP contribution in [0.3, 0.4) is 0 Å². The Morgan fingerprint density at radius 2 is 1.68 bits per heavy atom. The van der Waals surface area contributed by atoms with Gasteiger partial charge in [0.15, 0.2) is 0 Å². The highest BCUT2D eigenvalue weighted by molar-refractivity contribution is 5.98. The lowest BCUT2D eigenvalue weighted by Gasteiger charge is -2.19. The first-order valence-corrected chi connectivity index (χ1v) is 9.49. The average molecular weight is 381 g/mol. The molecule has 28 heavy (non-hydrogen) atoms. The van der Waals surface area contributed by atoms with Crippen LogP contribution in [0.15, 0.2) is 48.5 Å². The van der Waals surface area contributed by atoms with Crippen molar-refractivity contribution in [2.45, 2.75) is 27.2 Å². The van der Waals surface area contributed by atoms with Gasteiger partial charge in [0.1, 0.15) is 0 Å². The molecule has 148 valence electrons. The number of anilines is 1. The lowest BCUT2D eigenvalue weighted by atomic mass is 10.1. The molecule has 0 aromatic heterocycles. The third-order valence-corrected chi connectivity index (χ3v) is 4.47. The predicted molar refractivity (Wildman–Crippen MR) is 110 cm³/mol. The second-order valence-electron chi connectivity index (χ2n) is 6.43. The van der Waals surface area contributed by atoms with Gasteiger partial charge in [-0.05, 0) is 50.6 Å². The summed E-state index contributed by atoms with van der Waals surface area (Å²) < 4.78 is 0. The Kier molecular flexibility index (Phi) is 7.75. The number of hydrogen-bond acceptors (Lipinski definition) is 3. The minimum Gasteiger partial charge on any atom is -0.352 e. The maximum atomic E-state index is 12.4. The number of carbonyl (C=O) groups excluding carboxylic acids is 3. The molecule has 0 saturated heterocycles. The normalized spacial score (nSPS) is 10.2. The summed E-state index contributed by atoms with van der Waals surface area (Å²) >= 11 is 0. The van der Waals surface area contributed by atoms with Gasteiger partial charge in [0, 0.05) is 42.9 Å². The van der Waals surface area contributed by atoms with E-state index in [0.29, 0.717) is 29.9 Å². The molecule has 0 atom stereocenters. The fourth-order valence-electron chi connectivity index (χ4n) is 2.86. The van der Waals surface area contributed by atoms with Crippen molar-refractivity contribution in [3.05, 3.63) is 65.2 Å². The van der Waals surface area contributed by atoms with E-state index in [9.17, 15) is 14.4 Å². The van der Waals surface area contributed by atoms with E-state index >= 15 is 0 Å². The number of nitrogens with one attached hydrogen (secondary N) is 2. The highest BCUT2D eigenvalue weighted by Crippen LogP contribution is 2.13. The Bertz CT molecular complexity index is 844. The first kappa shape index (κ1) is 21.2. The number of nitrogens with zero attached hydrogens (tertiary/aromatic N) is 1. The molecular formula is C22H27N3O3. The first-order chi connectivity index (χ1) is 13.5. The van der Waals surface area contributed by atoms with E-state index in [2.05, 4.69) is 10.6 Å². The molecule has 2 N–H and O–H groups in total. The highest BCUT2D eigenvalue weighted by Gasteiger charge is 2.13. The Balaban J connectivity index is 1.88. The van der Waals surface area contributed by atoms with E-state index in [0.717, 1.165) is 5.56 Å². The summed E-state index contributed by atoms with van der Waals surface area (Å²) in [5.41, 5.74) is 2.59. The van der Waals surface area contributed by atoms with E-state index < -0.39 is 0 Å². The van der Waals surface area contributed by atoms with Crippen molar-refractivity contribution in [2.24, 2.45) is 0 Å². The van der Waals surface area contributed by atoms with Gasteiger partial charge in [-0.2, -0.15) is 0 Å². The fourth-order valence-corrected chi connectivity index (χ4v) is 2.86. The smallest absolute Gasteiger partial charge is 0.253 e. The van der Waals surface area contributed by atoms with Crippen molar-refractivity contribution >= 4 is 23.4 Å². The van der Waals surface area contributed by atoms with Crippen LogP contribution in [-0.4, -0.2) is 42.3 Å². The van der Waals surface area contributed by atoms with Crippen molar-refractivity contribution in [1.29, 1.82) is 0 Å². The van der Waals surface area contributed by atoms with Crippen LogP contribution in [0.25, 0.3) is 0 Å². The van der Waals surface area contributed by atoms with Crippen molar-refractivity contribution < 1.29 is 14.4 Å². The van der Waals surface area contributed by atoms with Crippen molar-refractivity contribution in [2.75, 3.05) is 25.0 Å². The summed E-state index contributed by atoms with van der Waals surface area (Å²) in [6.07, 6.45) is 0.145. The van der Waals surface area contributed by atoms with Gasteiger partial charge >= 0.3 is 0 Å². The summed E-state index contributed by atoms with van der Waals surface area (Å²) in [5.74, 6) is -0.484. The van der Waals surface area contributed by atoms with Gasteiger partial charge in [-0.3, -0.25) is 14.4 Å². The molecular weight excluding hydrogens is 354 g/mol. The number of rotatable bonds is 8. The van der Waals surface area contributed by atoms with Crippen LogP contribution >= 0.6 is 0 Å².